The van der Waals surface area contributed by atoms with E-state index in [1.165, 1.54) is 18.2 Å². The summed E-state index contributed by atoms with van der Waals surface area (Å²) < 4.78 is 23.6. The maximum atomic E-state index is 13.3. The van der Waals surface area contributed by atoms with Gasteiger partial charge in [0, 0.05) is 24.7 Å². The smallest absolute Gasteiger partial charge is 0.356 e. The van der Waals surface area contributed by atoms with Gasteiger partial charge in [-0.05, 0) is 79.3 Å². The number of esters is 1. The zero-order valence-electron chi connectivity index (χ0n) is 25.3. The highest BCUT2D eigenvalue weighted by Crippen LogP contribution is 2.35. The minimum atomic E-state index is -0.500. The summed E-state index contributed by atoms with van der Waals surface area (Å²) in [5.41, 5.74) is 4.94. The Bertz CT molecular complexity index is 1630. The van der Waals surface area contributed by atoms with Crippen molar-refractivity contribution in [2.75, 3.05) is 32.4 Å². The second kappa shape index (κ2) is 13.5. The molecule has 0 radical (unpaired) electrons. The first-order valence-electron chi connectivity index (χ1n) is 15.4. The van der Waals surface area contributed by atoms with Crippen LogP contribution in [0.15, 0.2) is 60.8 Å². The van der Waals surface area contributed by atoms with E-state index in [1.807, 2.05) is 35.0 Å². The second-order valence-electron chi connectivity index (χ2n) is 11.8. The number of aromatic nitrogens is 2. The molecule has 4 heterocycles. The number of anilines is 1. The van der Waals surface area contributed by atoms with Crippen molar-refractivity contribution in [2.24, 2.45) is 11.8 Å². The quantitative estimate of drug-likeness (QED) is 0.201. The average Bonchev–Trinajstić information content (AvgIpc) is 3.80. The number of benzene rings is 2. The molecule has 9 heteroatoms. The number of ether oxygens (including phenoxy) is 4. The molecule has 0 saturated carbocycles. The van der Waals surface area contributed by atoms with Crippen LogP contribution in [-0.4, -0.2) is 48.5 Å². The van der Waals surface area contributed by atoms with Gasteiger partial charge in [-0.1, -0.05) is 43.3 Å². The van der Waals surface area contributed by atoms with Crippen molar-refractivity contribution < 1.29 is 28.5 Å². The number of amides is 1. The number of nitrogens with one attached hydrogen (secondary N) is 1. The number of carbonyl (C=O) groups is 2. The van der Waals surface area contributed by atoms with Gasteiger partial charge in [0.25, 0.3) is 0 Å². The molecule has 0 aliphatic carbocycles. The SMILES string of the molecule is COC(=O)c1c(NC(=O)[C@H]2CCOC2)c2cc(CC[C@H](C)Cc3ccc4c(c3)OCO4)cnc2n1CCCc1ccccc1. The molecule has 1 saturated heterocycles. The summed E-state index contributed by atoms with van der Waals surface area (Å²) in [6, 6.07) is 18.4. The number of aryl methyl sites for hydroxylation is 3. The lowest BCUT2D eigenvalue weighted by Crippen LogP contribution is -2.24. The molecule has 0 spiro atoms. The first kappa shape index (κ1) is 29.7. The Morgan fingerprint density at radius 3 is 2.68 bits per heavy atom. The zero-order valence-corrected chi connectivity index (χ0v) is 25.3. The third-order valence-corrected chi connectivity index (χ3v) is 8.52. The van der Waals surface area contributed by atoms with Crippen molar-refractivity contribution >= 4 is 28.6 Å². The van der Waals surface area contributed by atoms with E-state index < -0.39 is 5.97 Å². The van der Waals surface area contributed by atoms with Gasteiger partial charge < -0.3 is 28.8 Å². The summed E-state index contributed by atoms with van der Waals surface area (Å²) >= 11 is 0. The fraction of sp³-hybridized carbons (Fsp3) is 0.400. The summed E-state index contributed by atoms with van der Waals surface area (Å²) in [5.74, 6) is 1.10. The highest BCUT2D eigenvalue weighted by atomic mass is 16.7. The number of methoxy groups -OCH3 is 1. The number of pyridine rings is 1. The molecule has 230 valence electrons. The molecule has 2 aromatic carbocycles. The molecular weight excluding hydrogens is 558 g/mol. The molecule has 0 unspecified atom stereocenters. The number of carbonyl (C=O) groups excluding carboxylic acids is 2. The molecule has 2 aliphatic rings. The first-order valence-corrected chi connectivity index (χ1v) is 15.4. The van der Waals surface area contributed by atoms with Gasteiger partial charge in [-0.2, -0.15) is 0 Å². The van der Waals surface area contributed by atoms with Gasteiger partial charge in [-0.25, -0.2) is 9.78 Å². The van der Waals surface area contributed by atoms with Gasteiger partial charge in [-0.15, -0.1) is 0 Å². The fourth-order valence-electron chi connectivity index (χ4n) is 6.10. The number of hydrogen-bond acceptors (Lipinski definition) is 7. The van der Waals surface area contributed by atoms with Crippen LogP contribution in [0, 0.1) is 11.8 Å². The summed E-state index contributed by atoms with van der Waals surface area (Å²) in [5, 5.41) is 3.83. The first-order chi connectivity index (χ1) is 21.5. The Kier molecular flexibility index (Phi) is 9.12. The van der Waals surface area contributed by atoms with Crippen molar-refractivity contribution in [3.05, 3.63) is 83.2 Å². The van der Waals surface area contributed by atoms with Crippen molar-refractivity contribution in [1.82, 2.24) is 9.55 Å². The average molecular weight is 598 g/mol. The van der Waals surface area contributed by atoms with Crippen molar-refractivity contribution in [3.8, 4) is 11.5 Å². The van der Waals surface area contributed by atoms with Crippen LogP contribution >= 0.6 is 0 Å². The lowest BCUT2D eigenvalue weighted by molar-refractivity contribution is -0.119. The second-order valence-corrected chi connectivity index (χ2v) is 11.8. The molecule has 6 rings (SSSR count). The van der Waals surface area contributed by atoms with E-state index in [-0.39, 0.29) is 18.6 Å². The molecule has 2 aromatic heterocycles. The standard InChI is InChI=1S/C35H39N3O6/c1-23(17-25-12-13-29-30(19-25)44-22-43-29)10-11-26-18-28-31(37-34(39)27-14-16-42-21-27)32(35(40)41-2)38(33(28)36-20-26)15-6-9-24-7-4-3-5-8-24/h3-5,7-8,12-13,18-20,23,27H,6,9-11,14-17,21-22H2,1-2H3,(H,37,39)/t23-,27-/m0/s1. The number of rotatable bonds is 12. The Labute approximate surface area is 257 Å². The zero-order chi connectivity index (χ0) is 30.5. The minimum absolute atomic E-state index is 0.154. The van der Waals surface area contributed by atoms with Crippen LogP contribution in [0.25, 0.3) is 11.0 Å². The highest BCUT2D eigenvalue weighted by molar-refractivity contribution is 6.11. The van der Waals surface area contributed by atoms with Crippen molar-refractivity contribution in [3.63, 3.8) is 0 Å². The summed E-state index contributed by atoms with van der Waals surface area (Å²) in [6.45, 7) is 3.99. The molecule has 1 N–H and O–H groups in total. The van der Waals surface area contributed by atoms with E-state index in [0.29, 0.717) is 49.1 Å². The third kappa shape index (κ3) is 6.58. The van der Waals surface area contributed by atoms with E-state index in [4.69, 9.17) is 23.9 Å². The monoisotopic (exact) mass is 597 g/mol. The molecule has 1 amide bonds. The van der Waals surface area contributed by atoms with Gasteiger partial charge in [0.15, 0.2) is 17.2 Å². The minimum Gasteiger partial charge on any atom is -0.464 e. The Morgan fingerprint density at radius 2 is 1.89 bits per heavy atom. The van der Waals surface area contributed by atoms with Crippen molar-refractivity contribution in [1.29, 1.82) is 0 Å². The van der Waals surface area contributed by atoms with E-state index in [2.05, 4.69) is 42.6 Å². The van der Waals surface area contributed by atoms with E-state index in [9.17, 15) is 9.59 Å². The largest absolute Gasteiger partial charge is 0.464 e. The van der Waals surface area contributed by atoms with Gasteiger partial charge in [0.2, 0.25) is 12.7 Å². The lowest BCUT2D eigenvalue weighted by Gasteiger charge is -2.12. The molecule has 9 nitrogen and oxygen atoms in total. The predicted octanol–water partition coefficient (Wildman–Crippen LogP) is 5.97. The number of hydrogen-bond donors (Lipinski definition) is 1. The van der Waals surface area contributed by atoms with Crippen LogP contribution in [0.3, 0.4) is 0 Å². The van der Waals surface area contributed by atoms with Crippen molar-refractivity contribution in [2.45, 2.75) is 52.0 Å². The van der Waals surface area contributed by atoms with Crippen LogP contribution in [0.5, 0.6) is 11.5 Å². The molecule has 2 atom stereocenters. The number of fused-ring (bicyclic) bond motifs is 2. The van der Waals surface area contributed by atoms with E-state index >= 15 is 0 Å². The van der Waals surface area contributed by atoms with Gasteiger partial charge >= 0.3 is 5.97 Å². The van der Waals surface area contributed by atoms with Gasteiger partial charge in [0.1, 0.15) is 5.65 Å². The van der Waals surface area contributed by atoms with Gasteiger partial charge in [-0.3, -0.25) is 4.79 Å². The molecule has 4 aromatic rings. The predicted molar refractivity (Wildman–Crippen MR) is 167 cm³/mol. The number of nitrogens with zero attached hydrogens (tertiary/aromatic N) is 2. The molecule has 2 aliphatic heterocycles. The van der Waals surface area contributed by atoms with Crippen LogP contribution < -0.4 is 14.8 Å². The maximum absolute atomic E-state index is 13.3. The van der Waals surface area contributed by atoms with Crippen LogP contribution in [0.2, 0.25) is 0 Å². The van der Waals surface area contributed by atoms with E-state index in [1.54, 1.807) is 0 Å². The Balaban J connectivity index is 1.25. The molecular formula is C35H39N3O6. The fourth-order valence-corrected chi connectivity index (χ4v) is 6.10. The lowest BCUT2D eigenvalue weighted by atomic mass is 9.94. The van der Waals surface area contributed by atoms with Gasteiger partial charge in [0.05, 0.1) is 25.3 Å². The topological polar surface area (TPSA) is 101 Å². The van der Waals surface area contributed by atoms with Crippen LogP contribution in [0.4, 0.5) is 5.69 Å². The molecule has 44 heavy (non-hydrogen) atoms. The third-order valence-electron chi connectivity index (χ3n) is 8.52. The Hall–Kier alpha value is -4.37. The Morgan fingerprint density at radius 1 is 1.05 bits per heavy atom. The summed E-state index contributed by atoms with van der Waals surface area (Å²) in [6.07, 6.45) is 6.86. The highest BCUT2D eigenvalue weighted by Gasteiger charge is 2.30. The molecule has 0 bridgehead atoms. The summed E-state index contributed by atoms with van der Waals surface area (Å²) in [7, 11) is 1.37. The van der Waals surface area contributed by atoms with Crippen LogP contribution in [0.1, 0.15) is 53.4 Å². The normalized spacial score (nSPS) is 16.3. The molecule has 1 fully saturated rings. The maximum Gasteiger partial charge on any atom is 0.356 e. The summed E-state index contributed by atoms with van der Waals surface area (Å²) in [4.78, 5) is 31.4. The van der Waals surface area contributed by atoms with E-state index in [0.717, 1.165) is 54.6 Å². The van der Waals surface area contributed by atoms with Crippen LogP contribution in [-0.2, 0) is 40.1 Å².